The topological polar surface area (TPSA) is 46.5 Å². The van der Waals surface area contributed by atoms with Gasteiger partial charge in [-0.2, -0.15) is 0 Å². The maximum absolute atomic E-state index is 12.0. The van der Waals surface area contributed by atoms with Crippen LogP contribution in [0.5, 0.6) is 0 Å². The van der Waals surface area contributed by atoms with Crippen LogP contribution in [0.15, 0.2) is 12.2 Å². The van der Waals surface area contributed by atoms with Gasteiger partial charge >= 0.3 is 5.97 Å². The van der Waals surface area contributed by atoms with E-state index in [4.69, 9.17) is 9.84 Å². The Morgan fingerprint density at radius 3 is 0.943 bits per heavy atom. The van der Waals surface area contributed by atoms with Crippen molar-refractivity contribution in [1.82, 2.24) is 0 Å². The average molecular weight is 747 g/mol. The fraction of sp³-hybridized carbons (Fsp3) is 0.940. The highest BCUT2D eigenvalue weighted by Gasteiger charge is 2.03. The van der Waals surface area contributed by atoms with E-state index in [0.29, 0.717) is 19.6 Å². The molecule has 0 atom stereocenters. The van der Waals surface area contributed by atoms with Gasteiger partial charge in [-0.05, 0) is 44.9 Å². The summed E-state index contributed by atoms with van der Waals surface area (Å²) in [6.07, 6.45) is 63.5. The van der Waals surface area contributed by atoms with Gasteiger partial charge in [-0.1, -0.05) is 250 Å². The summed E-state index contributed by atoms with van der Waals surface area (Å²) < 4.78 is 5.49. The van der Waals surface area contributed by atoms with Crippen molar-refractivity contribution in [3.63, 3.8) is 0 Å². The van der Waals surface area contributed by atoms with Gasteiger partial charge < -0.3 is 9.84 Å². The van der Waals surface area contributed by atoms with Gasteiger partial charge in [-0.15, -0.1) is 0 Å². The van der Waals surface area contributed by atoms with Crippen LogP contribution in [0.3, 0.4) is 0 Å². The van der Waals surface area contributed by atoms with Gasteiger partial charge in [-0.25, -0.2) is 0 Å². The maximum Gasteiger partial charge on any atom is 0.305 e. The number of rotatable bonds is 47. The first-order valence-corrected chi connectivity index (χ1v) is 24.7. The Hall–Kier alpha value is -0.830. The number of esters is 1. The molecule has 0 spiro atoms. The lowest BCUT2D eigenvalue weighted by Gasteiger charge is -2.06. The minimum atomic E-state index is 0.0244. The monoisotopic (exact) mass is 747 g/mol. The van der Waals surface area contributed by atoms with E-state index >= 15 is 0 Å². The molecule has 0 fully saturated rings. The van der Waals surface area contributed by atoms with E-state index in [-0.39, 0.29) is 5.97 Å². The quantitative estimate of drug-likeness (QED) is 0.0383. The number of ether oxygens (including phenoxy) is 1. The first-order chi connectivity index (χ1) is 26.3. The van der Waals surface area contributed by atoms with Crippen LogP contribution < -0.4 is 0 Å². The number of hydrogen-bond donors (Lipinski definition) is 1. The van der Waals surface area contributed by atoms with Crippen molar-refractivity contribution in [1.29, 1.82) is 0 Å². The smallest absolute Gasteiger partial charge is 0.305 e. The average Bonchev–Trinajstić information content (AvgIpc) is 3.16. The predicted octanol–water partition coefficient (Wildman–Crippen LogP) is 17.3. The van der Waals surface area contributed by atoms with Crippen molar-refractivity contribution in [2.24, 2.45) is 0 Å². The zero-order valence-electron chi connectivity index (χ0n) is 36.4. The molecule has 0 aliphatic heterocycles. The standard InChI is InChI=1S/C50H98O3/c1-2-3-4-5-6-7-8-9-10-11-20-23-26-29-32-35-38-41-44-47-50(52)53-49-46-43-40-37-34-31-28-25-22-19-17-15-13-12-14-16-18-21-24-27-30-33-36-39-42-45-48-51/h9-10,51H,2-8,11-49H2,1H3. The molecule has 0 heterocycles. The van der Waals surface area contributed by atoms with Crippen molar-refractivity contribution in [3.05, 3.63) is 12.2 Å². The summed E-state index contributed by atoms with van der Waals surface area (Å²) in [6, 6.07) is 0. The summed E-state index contributed by atoms with van der Waals surface area (Å²) in [4.78, 5) is 12.0. The Morgan fingerprint density at radius 1 is 0.358 bits per heavy atom. The molecule has 0 saturated carbocycles. The van der Waals surface area contributed by atoms with Gasteiger partial charge in [-0.3, -0.25) is 4.79 Å². The first kappa shape index (κ1) is 52.2. The van der Waals surface area contributed by atoms with Crippen LogP contribution in [-0.4, -0.2) is 24.3 Å². The third kappa shape index (κ3) is 49.2. The molecule has 0 saturated heterocycles. The van der Waals surface area contributed by atoms with Crippen molar-refractivity contribution in [2.75, 3.05) is 13.2 Å². The van der Waals surface area contributed by atoms with Crippen LogP contribution in [0, 0.1) is 0 Å². The van der Waals surface area contributed by atoms with Crippen LogP contribution in [0.4, 0.5) is 0 Å². The van der Waals surface area contributed by atoms with E-state index < -0.39 is 0 Å². The van der Waals surface area contributed by atoms with E-state index in [1.807, 2.05) is 0 Å². The Kier molecular flexibility index (Phi) is 48.4. The molecule has 0 amide bonds. The molecule has 0 radical (unpaired) electrons. The summed E-state index contributed by atoms with van der Waals surface area (Å²) in [7, 11) is 0. The van der Waals surface area contributed by atoms with Gasteiger partial charge in [0.05, 0.1) is 6.61 Å². The second-order valence-corrected chi connectivity index (χ2v) is 16.9. The fourth-order valence-electron chi connectivity index (χ4n) is 7.76. The van der Waals surface area contributed by atoms with Gasteiger partial charge in [0.15, 0.2) is 0 Å². The lowest BCUT2D eigenvalue weighted by molar-refractivity contribution is -0.143. The van der Waals surface area contributed by atoms with E-state index in [9.17, 15) is 4.79 Å². The molecule has 3 heteroatoms. The van der Waals surface area contributed by atoms with Crippen molar-refractivity contribution in [2.45, 2.75) is 289 Å². The Bertz CT molecular complexity index is 688. The van der Waals surface area contributed by atoms with E-state index in [2.05, 4.69) is 19.1 Å². The Balaban J connectivity index is 3.16. The van der Waals surface area contributed by atoms with Crippen LogP contribution in [0.2, 0.25) is 0 Å². The predicted molar refractivity (Wildman–Crippen MR) is 236 cm³/mol. The molecule has 53 heavy (non-hydrogen) atoms. The molecule has 0 aromatic rings. The third-order valence-corrected chi connectivity index (χ3v) is 11.5. The summed E-state index contributed by atoms with van der Waals surface area (Å²) >= 11 is 0. The molecule has 0 rings (SSSR count). The first-order valence-electron chi connectivity index (χ1n) is 24.7. The molecule has 0 aromatic heterocycles. The second kappa shape index (κ2) is 49.2. The van der Waals surface area contributed by atoms with E-state index in [0.717, 1.165) is 19.3 Å². The maximum atomic E-state index is 12.0. The third-order valence-electron chi connectivity index (χ3n) is 11.5. The highest BCUT2D eigenvalue weighted by molar-refractivity contribution is 5.69. The molecule has 0 unspecified atom stereocenters. The van der Waals surface area contributed by atoms with Crippen molar-refractivity contribution in [3.8, 4) is 0 Å². The number of allylic oxidation sites excluding steroid dienone is 2. The molecule has 0 bridgehead atoms. The highest BCUT2D eigenvalue weighted by atomic mass is 16.5. The van der Waals surface area contributed by atoms with Crippen LogP contribution in [-0.2, 0) is 9.53 Å². The van der Waals surface area contributed by atoms with E-state index in [1.54, 1.807) is 0 Å². The summed E-state index contributed by atoms with van der Waals surface area (Å²) in [5, 5.41) is 8.81. The van der Waals surface area contributed by atoms with Gasteiger partial charge in [0.2, 0.25) is 0 Å². The molecule has 3 nitrogen and oxygen atoms in total. The van der Waals surface area contributed by atoms with Crippen LogP contribution >= 0.6 is 0 Å². The molecule has 0 aliphatic rings. The van der Waals surface area contributed by atoms with Gasteiger partial charge in [0, 0.05) is 13.0 Å². The molecule has 1 N–H and O–H groups in total. The number of carbonyl (C=O) groups excluding carboxylic acids is 1. The van der Waals surface area contributed by atoms with Crippen molar-refractivity contribution >= 4 is 5.97 Å². The number of aliphatic hydroxyl groups excluding tert-OH is 1. The summed E-state index contributed by atoms with van der Waals surface area (Å²) in [5.41, 5.74) is 0. The number of hydrogen-bond acceptors (Lipinski definition) is 3. The van der Waals surface area contributed by atoms with E-state index in [1.165, 1.54) is 257 Å². The van der Waals surface area contributed by atoms with Crippen LogP contribution in [0.1, 0.15) is 289 Å². The summed E-state index contributed by atoms with van der Waals surface area (Å²) in [6.45, 7) is 3.28. The second-order valence-electron chi connectivity index (χ2n) is 16.9. The summed E-state index contributed by atoms with van der Waals surface area (Å²) in [5.74, 6) is 0.0244. The highest BCUT2D eigenvalue weighted by Crippen LogP contribution is 2.17. The molecular formula is C50H98O3. The Labute approximate surface area is 334 Å². The van der Waals surface area contributed by atoms with Gasteiger partial charge in [0.25, 0.3) is 0 Å². The fourth-order valence-corrected chi connectivity index (χ4v) is 7.76. The Morgan fingerprint density at radius 2 is 0.623 bits per heavy atom. The lowest BCUT2D eigenvalue weighted by Crippen LogP contribution is -2.05. The minimum Gasteiger partial charge on any atom is -0.466 e. The SMILES string of the molecule is CCCCCCCCC=CCCCCCCCCCCCC(=O)OCCCCCCCCCCCCCCCCCCCCCCCCCCCCO. The zero-order chi connectivity index (χ0) is 38.2. The lowest BCUT2D eigenvalue weighted by atomic mass is 10.0. The van der Waals surface area contributed by atoms with Gasteiger partial charge in [0.1, 0.15) is 0 Å². The molecule has 0 aliphatic carbocycles. The largest absolute Gasteiger partial charge is 0.466 e. The number of unbranched alkanes of at least 4 members (excludes halogenated alkanes) is 40. The van der Waals surface area contributed by atoms with Crippen LogP contribution in [0.25, 0.3) is 0 Å². The molecule has 0 aromatic carbocycles. The number of carbonyl (C=O) groups is 1. The number of aliphatic hydroxyl groups is 1. The molecule has 316 valence electrons. The van der Waals surface area contributed by atoms with Crippen molar-refractivity contribution < 1.29 is 14.6 Å². The minimum absolute atomic E-state index is 0.0244. The zero-order valence-corrected chi connectivity index (χ0v) is 36.4. The molecular weight excluding hydrogens is 649 g/mol. The normalized spacial score (nSPS) is 11.7.